The van der Waals surface area contributed by atoms with E-state index in [1.807, 2.05) is 11.9 Å². The Bertz CT molecular complexity index is 405. The summed E-state index contributed by atoms with van der Waals surface area (Å²) in [5.74, 6) is 0.605. The summed E-state index contributed by atoms with van der Waals surface area (Å²) >= 11 is 0. The van der Waals surface area contributed by atoms with E-state index in [9.17, 15) is 10.1 Å². The molecule has 0 saturated carbocycles. The van der Waals surface area contributed by atoms with E-state index < -0.39 is 4.92 Å². The second-order valence-corrected chi connectivity index (χ2v) is 4.64. The van der Waals surface area contributed by atoms with Gasteiger partial charge in [-0.05, 0) is 18.4 Å². The van der Waals surface area contributed by atoms with Crippen LogP contribution >= 0.6 is 0 Å². The number of nitrogens with two attached hydrogens (primary N) is 1. The topological polar surface area (TPSA) is 72.4 Å². The lowest BCUT2D eigenvalue weighted by Gasteiger charge is -2.20. The number of nitrogens with zero attached hydrogens (tertiary/aromatic N) is 2. The largest absolute Gasteiger partial charge is 0.398 e. The molecule has 1 aromatic carbocycles. The monoisotopic (exact) mass is 237 g/mol. The summed E-state index contributed by atoms with van der Waals surface area (Å²) in [7, 11) is 1.92. The number of hydrogen-bond donors (Lipinski definition) is 1. The SMILES string of the molecule is CC(C)CCN(C)c1cc(N)cc([N+](=O)[O-])c1. The molecular formula is C12H19N3O2. The van der Waals surface area contributed by atoms with E-state index in [-0.39, 0.29) is 5.69 Å². The molecule has 1 aromatic rings. The highest BCUT2D eigenvalue weighted by Crippen LogP contribution is 2.25. The van der Waals surface area contributed by atoms with Gasteiger partial charge in [0.25, 0.3) is 5.69 Å². The Labute approximate surface area is 101 Å². The van der Waals surface area contributed by atoms with Crippen molar-refractivity contribution in [3.63, 3.8) is 0 Å². The van der Waals surface area contributed by atoms with E-state index >= 15 is 0 Å². The highest BCUT2D eigenvalue weighted by molar-refractivity contribution is 5.62. The lowest BCUT2D eigenvalue weighted by atomic mass is 10.1. The van der Waals surface area contributed by atoms with E-state index in [0.29, 0.717) is 11.6 Å². The van der Waals surface area contributed by atoms with Crippen LogP contribution in [0.15, 0.2) is 18.2 Å². The maximum Gasteiger partial charge on any atom is 0.273 e. The Morgan fingerprint density at radius 2 is 2.06 bits per heavy atom. The predicted octanol–water partition coefficient (Wildman–Crippen LogP) is 2.66. The van der Waals surface area contributed by atoms with E-state index in [0.717, 1.165) is 18.7 Å². The molecule has 1 rings (SSSR count). The summed E-state index contributed by atoms with van der Waals surface area (Å²) in [6.45, 7) is 5.16. The van der Waals surface area contributed by atoms with Gasteiger partial charge >= 0.3 is 0 Å². The molecule has 94 valence electrons. The van der Waals surface area contributed by atoms with Crippen molar-refractivity contribution in [3.05, 3.63) is 28.3 Å². The van der Waals surface area contributed by atoms with Crippen LogP contribution in [0.3, 0.4) is 0 Å². The normalized spacial score (nSPS) is 10.6. The van der Waals surface area contributed by atoms with Gasteiger partial charge in [0.05, 0.1) is 4.92 Å². The first-order valence-electron chi connectivity index (χ1n) is 5.66. The molecule has 0 bridgehead atoms. The molecule has 0 unspecified atom stereocenters. The predicted molar refractivity (Wildman–Crippen MR) is 70.2 cm³/mol. The molecule has 0 aliphatic rings. The molecule has 0 fully saturated rings. The minimum atomic E-state index is -0.420. The average Bonchev–Trinajstić information content (AvgIpc) is 2.24. The number of non-ortho nitro benzene ring substituents is 1. The Hall–Kier alpha value is -1.78. The van der Waals surface area contributed by atoms with Gasteiger partial charge in [0, 0.05) is 37.1 Å². The second kappa shape index (κ2) is 5.52. The third kappa shape index (κ3) is 3.94. The molecule has 2 N–H and O–H groups in total. The molecule has 0 saturated heterocycles. The molecule has 5 heteroatoms. The van der Waals surface area contributed by atoms with Crippen LogP contribution in [0.25, 0.3) is 0 Å². The van der Waals surface area contributed by atoms with Crippen LogP contribution in [0.5, 0.6) is 0 Å². The fraction of sp³-hybridized carbons (Fsp3) is 0.500. The van der Waals surface area contributed by atoms with Gasteiger partial charge in [-0.3, -0.25) is 10.1 Å². The molecule has 0 amide bonds. The Kier molecular flexibility index (Phi) is 4.31. The fourth-order valence-corrected chi connectivity index (χ4v) is 1.52. The number of nitrogen functional groups attached to an aromatic ring is 1. The molecule has 0 spiro atoms. The zero-order valence-corrected chi connectivity index (χ0v) is 10.5. The smallest absolute Gasteiger partial charge is 0.273 e. The maximum absolute atomic E-state index is 10.7. The molecule has 0 aliphatic heterocycles. The number of nitro benzene ring substituents is 1. The zero-order chi connectivity index (χ0) is 13.0. The van der Waals surface area contributed by atoms with E-state index in [1.54, 1.807) is 12.1 Å². The summed E-state index contributed by atoms with van der Waals surface area (Å²) in [4.78, 5) is 12.3. The lowest BCUT2D eigenvalue weighted by Crippen LogP contribution is -2.20. The molecule has 0 aromatic heterocycles. The average molecular weight is 237 g/mol. The zero-order valence-electron chi connectivity index (χ0n) is 10.5. The van der Waals surface area contributed by atoms with E-state index in [1.165, 1.54) is 6.07 Å². The Morgan fingerprint density at radius 1 is 1.41 bits per heavy atom. The number of nitro groups is 1. The van der Waals surface area contributed by atoms with Crippen molar-refractivity contribution in [3.8, 4) is 0 Å². The highest BCUT2D eigenvalue weighted by Gasteiger charge is 2.11. The van der Waals surface area contributed by atoms with Crippen LogP contribution in [-0.4, -0.2) is 18.5 Å². The standard InChI is InChI=1S/C12H19N3O2/c1-9(2)4-5-14(3)11-6-10(13)7-12(8-11)15(16)17/h6-9H,4-5,13H2,1-3H3. The lowest BCUT2D eigenvalue weighted by molar-refractivity contribution is -0.384. The van der Waals surface area contributed by atoms with Gasteiger partial charge in [-0.25, -0.2) is 0 Å². The van der Waals surface area contributed by atoms with Gasteiger partial charge in [-0.2, -0.15) is 0 Å². The highest BCUT2D eigenvalue weighted by atomic mass is 16.6. The number of rotatable bonds is 5. The van der Waals surface area contributed by atoms with Crippen molar-refractivity contribution in [1.82, 2.24) is 0 Å². The molecule has 0 atom stereocenters. The van der Waals surface area contributed by atoms with Gasteiger partial charge < -0.3 is 10.6 Å². The summed E-state index contributed by atoms with van der Waals surface area (Å²) in [6.07, 6.45) is 1.04. The summed E-state index contributed by atoms with van der Waals surface area (Å²) in [6, 6.07) is 4.68. The van der Waals surface area contributed by atoms with Gasteiger partial charge in [0.2, 0.25) is 0 Å². The first-order valence-corrected chi connectivity index (χ1v) is 5.66. The van der Waals surface area contributed by atoms with Gasteiger partial charge in [0.15, 0.2) is 0 Å². The third-order valence-corrected chi connectivity index (χ3v) is 2.62. The maximum atomic E-state index is 10.7. The molecule has 5 nitrogen and oxygen atoms in total. The summed E-state index contributed by atoms with van der Waals surface area (Å²) in [5.41, 5.74) is 6.91. The number of benzene rings is 1. The molecule has 17 heavy (non-hydrogen) atoms. The van der Waals surface area contributed by atoms with Crippen LogP contribution in [-0.2, 0) is 0 Å². The van der Waals surface area contributed by atoms with Crippen molar-refractivity contribution in [2.45, 2.75) is 20.3 Å². The van der Waals surface area contributed by atoms with Gasteiger partial charge in [-0.15, -0.1) is 0 Å². The van der Waals surface area contributed by atoms with Crippen molar-refractivity contribution in [2.75, 3.05) is 24.2 Å². The van der Waals surface area contributed by atoms with Gasteiger partial charge in [0.1, 0.15) is 0 Å². The van der Waals surface area contributed by atoms with Crippen LogP contribution in [0.1, 0.15) is 20.3 Å². The minimum Gasteiger partial charge on any atom is -0.398 e. The third-order valence-electron chi connectivity index (χ3n) is 2.62. The summed E-state index contributed by atoms with van der Waals surface area (Å²) in [5, 5.41) is 10.7. The fourth-order valence-electron chi connectivity index (χ4n) is 1.52. The van der Waals surface area contributed by atoms with Gasteiger partial charge in [-0.1, -0.05) is 13.8 Å². The van der Waals surface area contributed by atoms with Crippen LogP contribution in [0, 0.1) is 16.0 Å². The van der Waals surface area contributed by atoms with E-state index in [4.69, 9.17) is 5.73 Å². The quantitative estimate of drug-likeness (QED) is 0.485. The Balaban J connectivity index is 2.86. The van der Waals surface area contributed by atoms with Crippen molar-refractivity contribution in [1.29, 1.82) is 0 Å². The molecule has 0 heterocycles. The number of anilines is 2. The van der Waals surface area contributed by atoms with Crippen LogP contribution in [0.4, 0.5) is 17.1 Å². The van der Waals surface area contributed by atoms with Crippen LogP contribution < -0.4 is 10.6 Å². The van der Waals surface area contributed by atoms with Crippen LogP contribution in [0.2, 0.25) is 0 Å². The summed E-state index contributed by atoms with van der Waals surface area (Å²) < 4.78 is 0. The molecule has 0 radical (unpaired) electrons. The number of hydrogen-bond acceptors (Lipinski definition) is 4. The first-order chi connectivity index (χ1) is 7.90. The van der Waals surface area contributed by atoms with Crippen molar-refractivity contribution >= 4 is 17.1 Å². The van der Waals surface area contributed by atoms with Crippen molar-refractivity contribution in [2.24, 2.45) is 5.92 Å². The second-order valence-electron chi connectivity index (χ2n) is 4.64. The van der Waals surface area contributed by atoms with Crippen molar-refractivity contribution < 1.29 is 4.92 Å². The minimum absolute atomic E-state index is 0.0383. The molecule has 0 aliphatic carbocycles. The Morgan fingerprint density at radius 3 is 2.59 bits per heavy atom. The molecular weight excluding hydrogens is 218 g/mol. The first kappa shape index (κ1) is 13.3. The van der Waals surface area contributed by atoms with E-state index in [2.05, 4.69) is 13.8 Å².